The van der Waals surface area contributed by atoms with Crippen molar-refractivity contribution in [3.8, 4) is 5.75 Å². The molecule has 1 heterocycles. The summed E-state index contributed by atoms with van der Waals surface area (Å²) in [7, 11) is -1.96. The molecule has 0 fully saturated rings. The van der Waals surface area contributed by atoms with E-state index >= 15 is 0 Å². The van der Waals surface area contributed by atoms with Gasteiger partial charge in [0.2, 0.25) is 0 Å². The maximum absolute atomic E-state index is 12.7. The van der Waals surface area contributed by atoms with Gasteiger partial charge in [0.1, 0.15) is 10.6 Å². The van der Waals surface area contributed by atoms with Crippen molar-refractivity contribution in [3.63, 3.8) is 0 Å². The average Bonchev–Trinajstić information content (AvgIpc) is 3.03. The van der Waals surface area contributed by atoms with E-state index in [0.29, 0.717) is 18.0 Å². The lowest BCUT2D eigenvalue weighted by atomic mass is 9.86. The molecule has 1 unspecified atom stereocenters. The fourth-order valence-corrected chi connectivity index (χ4v) is 6.81. The Kier molecular flexibility index (Phi) is 7.39. The Morgan fingerprint density at radius 2 is 1.88 bits per heavy atom. The summed E-state index contributed by atoms with van der Waals surface area (Å²) in [5, 5.41) is 0. The van der Waals surface area contributed by atoms with E-state index in [1.165, 1.54) is 17.2 Å². The van der Waals surface area contributed by atoms with Crippen molar-refractivity contribution in [2.45, 2.75) is 62.8 Å². The first-order chi connectivity index (χ1) is 16.0. The van der Waals surface area contributed by atoms with E-state index in [2.05, 4.69) is 30.0 Å². The molecule has 0 bridgehead atoms. The maximum Gasteiger partial charge on any atom is 0.269 e. The van der Waals surface area contributed by atoms with Gasteiger partial charge in [0, 0.05) is 12.6 Å². The Morgan fingerprint density at radius 1 is 1.06 bits per heavy atom. The minimum atomic E-state index is -3.70. The number of unbranched alkanes of at least 4 members (excludes halogenated alkanes) is 2. The fraction of sp³-hybridized carbons (Fsp3) is 0.500. The minimum absolute atomic E-state index is 0.136. The zero-order valence-corrected chi connectivity index (χ0v) is 20.4. The van der Waals surface area contributed by atoms with Gasteiger partial charge in [-0.25, -0.2) is 12.7 Å². The van der Waals surface area contributed by atoms with Crippen LogP contribution in [0.4, 0.5) is 0 Å². The van der Waals surface area contributed by atoms with Gasteiger partial charge in [0.05, 0.1) is 12.7 Å². The molecule has 0 saturated heterocycles. The summed E-state index contributed by atoms with van der Waals surface area (Å²) in [4.78, 5) is 15.3. The Balaban J connectivity index is 1.30. The summed E-state index contributed by atoms with van der Waals surface area (Å²) >= 11 is 0. The Bertz CT molecular complexity index is 1080. The van der Waals surface area contributed by atoms with E-state index < -0.39 is 15.9 Å². The van der Waals surface area contributed by atoms with Gasteiger partial charge in [-0.1, -0.05) is 37.6 Å². The number of rotatable bonds is 10. The molecule has 6 nitrogen and oxygen atoms in total. The third-order valence-corrected chi connectivity index (χ3v) is 8.72. The monoisotopic (exact) mass is 470 g/mol. The lowest BCUT2D eigenvalue weighted by molar-refractivity contribution is 0.0869. The Morgan fingerprint density at radius 3 is 2.64 bits per heavy atom. The molecule has 33 heavy (non-hydrogen) atoms. The zero-order valence-electron chi connectivity index (χ0n) is 19.6. The summed E-state index contributed by atoms with van der Waals surface area (Å²) in [6.45, 7) is 4.51. The van der Waals surface area contributed by atoms with E-state index in [4.69, 9.17) is 4.74 Å². The number of benzene rings is 2. The van der Waals surface area contributed by atoms with Crippen molar-refractivity contribution in [2.24, 2.45) is 0 Å². The molecule has 178 valence electrons. The average molecular weight is 471 g/mol. The standard InChI is InChI=1S/C26H34N2O4S/c1-3-16-27(21-15-14-20-10-9-12-24(32-2)23(20)19-21)17-7-4-8-18-28-26(29)22-11-5-6-13-25(22)33(28,30)31/h5-6,9-13,21H,3-4,7-8,14-19H2,1-2H3. The van der Waals surface area contributed by atoms with Crippen molar-refractivity contribution in [3.05, 3.63) is 59.2 Å². The van der Waals surface area contributed by atoms with Crippen LogP contribution in [0.3, 0.4) is 0 Å². The first-order valence-corrected chi connectivity index (χ1v) is 13.5. The van der Waals surface area contributed by atoms with Gasteiger partial charge in [0.15, 0.2) is 0 Å². The molecule has 4 rings (SSSR count). The molecule has 7 heteroatoms. The summed E-state index contributed by atoms with van der Waals surface area (Å²) < 4.78 is 32.1. The molecule has 0 N–H and O–H groups in total. The van der Waals surface area contributed by atoms with Crippen LogP contribution < -0.4 is 4.74 Å². The van der Waals surface area contributed by atoms with Gasteiger partial charge in [-0.3, -0.25) is 4.79 Å². The molecule has 2 aromatic carbocycles. The third kappa shape index (κ3) is 4.80. The van der Waals surface area contributed by atoms with Crippen LogP contribution >= 0.6 is 0 Å². The molecule has 1 amide bonds. The summed E-state index contributed by atoms with van der Waals surface area (Å²) in [5.41, 5.74) is 3.04. The van der Waals surface area contributed by atoms with Gasteiger partial charge in [-0.2, -0.15) is 0 Å². The first-order valence-electron chi connectivity index (χ1n) is 12.0. The van der Waals surface area contributed by atoms with Crippen molar-refractivity contribution in [2.75, 3.05) is 26.7 Å². The van der Waals surface area contributed by atoms with Crippen LogP contribution in [0.15, 0.2) is 47.4 Å². The predicted molar refractivity (Wildman–Crippen MR) is 129 cm³/mol. The Labute approximate surface area is 197 Å². The van der Waals surface area contributed by atoms with Crippen LogP contribution in [0, 0.1) is 0 Å². The SMILES string of the molecule is CCCN(CCCCCN1C(=O)c2ccccc2S1(=O)=O)C1CCc2cccc(OC)c2C1. The molecule has 1 aliphatic carbocycles. The van der Waals surface area contributed by atoms with Gasteiger partial charge in [0.25, 0.3) is 15.9 Å². The number of hydrogen-bond donors (Lipinski definition) is 0. The lowest BCUT2D eigenvalue weighted by Gasteiger charge is -2.35. The number of ether oxygens (including phenoxy) is 1. The molecule has 0 radical (unpaired) electrons. The molecule has 0 saturated carbocycles. The normalized spacial score (nSPS) is 18.9. The van der Waals surface area contributed by atoms with Crippen LogP contribution in [0.2, 0.25) is 0 Å². The second-order valence-electron chi connectivity index (χ2n) is 8.97. The molecular formula is C26H34N2O4S. The first kappa shape index (κ1) is 23.8. The smallest absolute Gasteiger partial charge is 0.269 e. The summed E-state index contributed by atoms with van der Waals surface area (Å²) in [6.07, 6.45) is 6.91. The molecular weight excluding hydrogens is 436 g/mol. The number of carbonyl (C=O) groups is 1. The molecule has 1 aliphatic heterocycles. The number of nitrogens with zero attached hydrogens (tertiary/aromatic N) is 2. The third-order valence-electron chi connectivity index (χ3n) is 6.88. The second-order valence-corrected chi connectivity index (χ2v) is 10.8. The number of methoxy groups -OCH3 is 1. The fourth-order valence-electron chi connectivity index (χ4n) is 5.20. The molecule has 2 aliphatic rings. The maximum atomic E-state index is 12.7. The number of hydrogen-bond acceptors (Lipinski definition) is 5. The number of aryl methyl sites for hydroxylation is 1. The van der Waals surface area contributed by atoms with E-state index in [-0.39, 0.29) is 11.4 Å². The Hall–Kier alpha value is -2.38. The van der Waals surface area contributed by atoms with Gasteiger partial charge < -0.3 is 9.64 Å². The largest absolute Gasteiger partial charge is 0.496 e. The molecule has 1 atom stereocenters. The van der Waals surface area contributed by atoms with Gasteiger partial charge in [-0.15, -0.1) is 0 Å². The van der Waals surface area contributed by atoms with Crippen molar-refractivity contribution >= 4 is 15.9 Å². The van der Waals surface area contributed by atoms with E-state index in [9.17, 15) is 13.2 Å². The number of amides is 1. The molecule has 0 aromatic heterocycles. The van der Waals surface area contributed by atoms with Gasteiger partial charge >= 0.3 is 0 Å². The van der Waals surface area contributed by atoms with Crippen LogP contribution in [0.5, 0.6) is 5.75 Å². The number of sulfonamides is 1. The van der Waals surface area contributed by atoms with Crippen LogP contribution in [0.1, 0.15) is 60.5 Å². The van der Waals surface area contributed by atoms with E-state index in [1.807, 2.05) is 0 Å². The zero-order chi connectivity index (χ0) is 23.4. The highest BCUT2D eigenvalue weighted by Crippen LogP contribution is 2.32. The highest BCUT2D eigenvalue weighted by molar-refractivity contribution is 7.90. The highest BCUT2D eigenvalue weighted by Gasteiger charge is 2.40. The van der Waals surface area contributed by atoms with Crippen molar-refractivity contribution in [1.29, 1.82) is 0 Å². The lowest BCUT2D eigenvalue weighted by Crippen LogP contribution is -2.40. The number of carbonyl (C=O) groups excluding carboxylic acids is 1. The van der Waals surface area contributed by atoms with Crippen LogP contribution in [-0.4, -0.2) is 56.3 Å². The van der Waals surface area contributed by atoms with Crippen molar-refractivity contribution < 1.29 is 17.9 Å². The van der Waals surface area contributed by atoms with Crippen molar-refractivity contribution in [1.82, 2.24) is 9.21 Å². The summed E-state index contributed by atoms with van der Waals surface area (Å²) in [5.74, 6) is 0.596. The molecule has 2 aromatic rings. The van der Waals surface area contributed by atoms with E-state index in [0.717, 1.165) is 61.7 Å². The minimum Gasteiger partial charge on any atom is -0.496 e. The van der Waals surface area contributed by atoms with Crippen LogP contribution in [-0.2, 0) is 22.9 Å². The highest BCUT2D eigenvalue weighted by atomic mass is 32.2. The second kappa shape index (κ2) is 10.3. The van der Waals surface area contributed by atoms with E-state index in [1.54, 1.807) is 25.3 Å². The topological polar surface area (TPSA) is 66.9 Å². The quantitative estimate of drug-likeness (QED) is 0.485. The van der Waals surface area contributed by atoms with Gasteiger partial charge in [-0.05, 0) is 80.9 Å². The summed E-state index contributed by atoms with van der Waals surface area (Å²) in [6, 6.07) is 13.3. The number of fused-ring (bicyclic) bond motifs is 2. The van der Waals surface area contributed by atoms with Crippen LogP contribution in [0.25, 0.3) is 0 Å². The predicted octanol–water partition coefficient (Wildman–Crippen LogP) is 4.28. The molecule has 0 spiro atoms.